The second kappa shape index (κ2) is 9.39. The SMILES string of the molecule is CCN(CC)C(=O)CN(C)C(=O)COC(=O)Cc1coc2c(C)c(C)ccc12. The number of rotatable bonds is 8. The highest BCUT2D eigenvalue weighted by molar-refractivity contribution is 5.89. The van der Waals surface area contributed by atoms with E-state index < -0.39 is 18.5 Å². The van der Waals surface area contributed by atoms with Crippen LogP contribution in [-0.4, -0.2) is 60.9 Å². The molecule has 0 aliphatic rings. The van der Waals surface area contributed by atoms with E-state index in [1.807, 2.05) is 39.8 Å². The van der Waals surface area contributed by atoms with Crippen LogP contribution in [0.1, 0.15) is 30.5 Å². The second-order valence-electron chi connectivity index (χ2n) is 6.80. The van der Waals surface area contributed by atoms with Crippen molar-refractivity contribution in [2.24, 2.45) is 0 Å². The highest BCUT2D eigenvalue weighted by Crippen LogP contribution is 2.26. The molecule has 0 N–H and O–H groups in total. The van der Waals surface area contributed by atoms with Gasteiger partial charge in [-0.1, -0.05) is 12.1 Å². The Morgan fingerprint density at radius 2 is 1.75 bits per heavy atom. The summed E-state index contributed by atoms with van der Waals surface area (Å²) in [6.45, 7) is 8.47. The van der Waals surface area contributed by atoms with Gasteiger partial charge in [0.15, 0.2) is 6.61 Å². The number of likely N-dealkylation sites (N-methyl/N-ethyl adjacent to an activating group) is 2. The lowest BCUT2D eigenvalue weighted by Crippen LogP contribution is -2.42. The summed E-state index contributed by atoms with van der Waals surface area (Å²) >= 11 is 0. The molecule has 0 unspecified atom stereocenters. The predicted molar refractivity (Wildman–Crippen MR) is 106 cm³/mol. The summed E-state index contributed by atoms with van der Waals surface area (Å²) in [6.07, 6.45) is 1.57. The van der Waals surface area contributed by atoms with E-state index in [4.69, 9.17) is 9.15 Å². The highest BCUT2D eigenvalue weighted by Gasteiger charge is 2.19. The molecule has 0 atom stereocenters. The van der Waals surface area contributed by atoms with Crippen LogP contribution in [0, 0.1) is 13.8 Å². The Bertz CT molecular complexity index is 867. The van der Waals surface area contributed by atoms with E-state index >= 15 is 0 Å². The lowest BCUT2D eigenvalue weighted by Gasteiger charge is -2.23. The first-order valence-corrected chi connectivity index (χ1v) is 9.42. The zero-order valence-electron chi connectivity index (χ0n) is 17.2. The van der Waals surface area contributed by atoms with Crippen LogP contribution in [-0.2, 0) is 25.5 Å². The third kappa shape index (κ3) is 4.91. The van der Waals surface area contributed by atoms with Crippen molar-refractivity contribution < 1.29 is 23.5 Å². The number of nitrogens with zero attached hydrogens (tertiary/aromatic N) is 2. The topological polar surface area (TPSA) is 80.1 Å². The summed E-state index contributed by atoms with van der Waals surface area (Å²) in [5.41, 5.74) is 3.63. The summed E-state index contributed by atoms with van der Waals surface area (Å²) in [7, 11) is 1.52. The van der Waals surface area contributed by atoms with Crippen molar-refractivity contribution >= 4 is 28.8 Å². The van der Waals surface area contributed by atoms with Crippen molar-refractivity contribution in [3.05, 3.63) is 35.1 Å². The number of esters is 1. The number of aryl methyl sites for hydroxylation is 2. The van der Waals surface area contributed by atoms with Gasteiger partial charge in [0.1, 0.15) is 5.58 Å². The smallest absolute Gasteiger partial charge is 0.310 e. The van der Waals surface area contributed by atoms with Crippen LogP contribution in [0.3, 0.4) is 0 Å². The molecule has 0 aliphatic heterocycles. The van der Waals surface area contributed by atoms with Gasteiger partial charge >= 0.3 is 5.97 Å². The molecule has 1 aromatic heterocycles. The van der Waals surface area contributed by atoms with E-state index in [1.165, 1.54) is 11.9 Å². The lowest BCUT2D eigenvalue weighted by atomic mass is 10.0. The van der Waals surface area contributed by atoms with Crippen LogP contribution in [0.25, 0.3) is 11.0 Å². The number of carbonyl (C=O) groups is 3. The highest BCUT2D eigenvalue weighted by atomic mass is 16.5. The standard InChI is InChI=1S/C21H28N2O5/c1-6-23(7-2)18(24)11-22(5)19(25)13-27-20(26)10-16-12-28-21-15(4)14(3)8-9-17(16)21/h8-9,12H,6-7,10-11,13H2,1-5H3. The van der Waals surface area contributed by atoms with Crippen molar-refractivity contribution in [2.45, 2.75) is 34.1 Å². The Morgan fingerprint density at radius 1 is 1.07 bits per heavy atom. The van der Waals surface area contributed by atoms with E-state index in [0.717, 1.165) is 27.7 Å². The van der Waals surface area contributed by atoms with Gasteiger partial charge < -0.3 is 19.0 Å². The fourth-order valence-corrected chi connectivity index (χ4v) is 2.95. The Hall–Kier alpha value is -2.83. The summed E-state index contributed by atoms with van der Waals surface area (Å²) in [6, 6.07) is 3.90. The molecule has 28 heavy (non-hydrogen) atoms. The predicted octanol–water partition coefficient (Wildman–Crippen LogP) is 2.46. The van der Waals surface area contributed by atoms with Crippen molar-refractivity contribution in [1.29, 1.82) is 0 Å². The molecule has 2 rings (SSSR count). The average molecular weight is 388 g/mol. The quantitative estimate of drug-likeness (QED) is 0.649. The molecular formula is C21H28N2O5. The molecule has 2 amide bonds. The van der Waals surface area contributed by atoms with Crippen LogP contribution in [0.2, 0.25) is 0 Å². The molecule has 1 heterocycles. The number of carbonyl (C=O) groups excluding carboxylic acids is 3. The fourth-order valence-electron chi connectivity index (χ4n) is 2.95. The van der Waals surface area contributed by atoms with Gasteiger partial charge in [0.2, 0.25) is 5.91 Å². The monoisotopic (exact) mass is 388 g/mol. The molecule has 0 saturated carbocycles. The fraction of sp³-hybridized carbons (Fsp3) is 0.476. The van der Waals surface area contributed by atoms with E-state index in [-0.39, 0.29) is 18.9 Å². The van der Waals surface area contributed by atoms with Crippen molar-refractivity contribution in [3.63, 3.8) is 0 Å². The van der Waals surface area contributed by atoms with Gasteiger partial charge in [-0.25, -0.2) is 0 Å². The van der Waals surface area contributed by atoms with E-state index in [0.29, 0.717) is 13.1 Å². The normalized spacial score (nSPS) is 10.8. The lowest BCUT2D eigenvalue weighted by molar-refractivity contribution is -0.152. The van der Waals surface area contributed by atoms with Crippen molar-refractivity contribution in [3.8, 4) is 0 Å². The van der Waals surface area contributed by atoms with Crippen LogP contribution >= 0.6 is 0 Å². The maximum Gasteiger partial charge on any atom is 0.310 e. The molecule has 2 aromatic rings. The maximum atomic E-state index is 12.1. The third-order valence-corrected chi connectivity index (χ3v) is 4.95. The molecule has 7 nitrogen and oxygen atoms in total. The molecule has 0 aliphatic carbocycles. The van der Waals surface area contributed by atoms with Gasteiger partial charge in [-0.3, -0.25) is 14.4 Å². The summed E-state index contributed by atoms with van der Waals surface area (Å²) in [5.74, 6) is -1.07. The van der Waals surface area contributed by atoms with Gasteiger partial charge in [0, 0.05) is 31.1 Å². The van der Waals surface area contributed by atoms with Gasteiger partial charge in [0.25, 0.3) is 5.91 Å². The number of ether oxygens (including phenoxy) is 1. The Kier molecular flexibility index (Phi) is 7.20. The largest absolute Gasteiger partial charge is 0.464 e. The number of hydrogen-bond donors (Lipinski definition) is 0. The molecule has 7 heteroatoms. The summed E-state index contributed by atoms with van der Waals surface area (Å²) in [5, 5.41) is 0.869. The number of benzene rings is 1. The van der Waals surface area contributed by atoms with Crippen LogP contribution < -0.4 is 0 Å². The minimum absolute atomic E-state index is 0.0187. The first-order chi connectivity index (χ1) is 13.3. The van der Waals surface area contributed by atoms with Gasteiger partial charge in [-0.2, -0.15) is 0 Å². The van der Waals surface area contributed by atoms with Crippen molar-refractivity contribution in [1.82, 2.24) is 9.80 Å². The first kappa shape index (κ1) is 21.5. The minimum atomic E-state index is -0.516. The molecule has 1 aromatic carbocycles. The zero-order chi connectivity index (χ0) is 20.8. The number of hydrogen-bond acceptors (Lipinski definition) is 5. The van der Waals surface area contributed by atoms with E-state index in [1.54, 1.807) is 11.2 Å². The minimum Gasteiger partial charge on any atom is -0.464 e. The van der Waals surface area contributed by atoms with Crippen LogP contribution in [0.5, 0.6) is 0 Å². The molecule has 0 fully saturated rings. The summed E-state index contributed by atoms with van der Waals surface area (Å²) < 4.78 is 10.7. The second-order valence-corrected chi connectivity index (χ2v) is 6.80. The Labute approximate surface area is 165 Å². The molecule has 0 saturated heterocycles. The number of fused-ring (bicyclic) bond motifs is 1. The first-order valence-electron chi connectivity index (χ1n) is 9.42. The summed E-state index contributed by atoms with van der Waals surface area (Å²) in [4.78, 5) is 39.3. The van der Waals surface area contributed by atoms with Crippen LogP contribution in [0.15, 0.2) is 22.8 Å². The Balaban J connectivity index is 1.89. The molecule has 0 radical (unpaired) electrons. The third-order valence-electron chi connectivity index (χ3n) is 4.95. The number of furan rings is 1. The molecule has 0 bridgehead atoms. The molecular weight excluding hydrogens is 360 g/mol. The number of amides is 2. The van der Waals surface area contributed by atoms with E-state index in [9.17, 15) is 14.4 Å². The van der Waals surface area contributed by atoms with Gasteiger partial charge in [0.05, 0.1) is 19.2 Å². The van der Waals surface area contributed by atoms with Gasteiger partial charge in [-0.15, -0.1) is 0 Å². The maximum absolute atomic E-state index is 12.1. The van der Waals surface area contributed by atoms with Crippen molar-refractivity contribution in [2.75, 3.05) is 33.3 Å². The van der Waals surface area contributed by atoms with Crippen LogP contribution in [0.4, 0.5) is 0 Å². The molecule has 152 valence electrons. The average Bonchev–Trinajstić information content (AvgIpc) is 3.07. The Morgan fingerprint density at radius 3 is 2.39 bits per heavy atom. The molecule has 0 spiro atoms. The van der Waals surface area contributed by atoms with Gasteiger partial charge in [-0.05, 0) is 38.8 Å². The van der Waals surface area contributed by atoms with E-state index in [2.05, 4.69) is 0 Å². The zero-order valence-corrected chi connectivity index (χ0v) is 17.2.